The molecular weight excluding hydrogens is 376 g/mol. The molecule has 7 heteroatoms. The molecular formula is C18H17ClN2O2S2. The zero-order valence-corrected chi connectivity index (χ0v) is 16.2. The molecule has 0 aliphatic carbocycles. The number of aryl methyl sites for hydroxylation is 2. The van der Waals surface area contributed by atoms with Gasteiger partial charge in [0, 0.05) is 9.90 Å². The van der Waals surface area contributed by atoms with Crippen molar-refractivity contribution in [2.75, 3.05) is 6.61 Å². The summed E-state index contributed by atoms with van der Waals surface area (Å²) in [6, 6.07) is 9.39. The lowest BCUT2D eigenvalue weighted by Gasteiger charge is -2.08. The number of nitrogens with one attached hydrogen (secondary N) is 1. The molecule has 2 aromatic heterocycles. The Morgan fingerprint density at radius 2 is 2.16 bits per heavy atom. The predicted octanol–water partition coefficient (Wildman–Crippen LogP) is 4.84. The van der Waals surface area contributed by atoms with E-state index in [1.807, 2.05) is 37.4 Å². The van der Waals surface area contributed by atoms with Crippen molar-refractivity contribution in [2.45, 2.75) is 20.4 Å². The normalized spacial score (nSPS) is 10.7. The summed E-state index contributed by atoms with van der Waals surface area (Å²) in [5, 5.41) is 6.58. The summed E-state index contributed by atoms with van der Waals surface area (Å²) in [6.45, 7) is 4.28. The van der Waals surface area contributed by atoms with Crippen LogP contribution in [-0.2, 0) is 11.3 Å². The number of amides is 1. The van der Waals surface area contributed by atoms with Crippen LogP contribution in [0.2, 0.25) is 5.02 Å². The molecule has 1 aromatic carbocycles. The van der Waals surface area contributed by atoms with Crippen molar-refractivity contribution < 1.29 is 9.53 Å². The van der Waals surface area contributed by atoms with Gasteiger partial charge in [-0.1, -0.05) is 17.7 Å². The van der Waals surface area contributed by atoms with Gasteiger partial charge in [-0.2, -0.15) is 0 Å². The molecule has 0 unspecified atom stereocenters. The number of carbonyl (C=O) groups excluding carboxylic acids is 1. The minimum atomic E-state index is -0.168. The number of thiazole rings is 1. The number of halogens is 1. The number of rotatable bonds is 6. The van der Waals surface area contributed by atoms with Crippen LogP contribution in [0.5, 0.6) is 5.75 Å². The van der Waals surface area contributed by atoms with Crippen molar-refractivity contribution in [3.8, 4) is 15.6 Å². The molecule has 0 fully saturated rings. The Hall–Kier alpha value is -1.89. The van der Waals surface area contributed by atoms with Crippen molar-refractivity contribution >= 4 is 40.2 Å². The second-order valence-electron chi connectivity index (χ2n) is 5.48. The number of thiophene rings is 1. The number of nitrogens with zero attached hydrogens (tertiary/aromatic N) is 1. The molecule has 25 heavy (non-hydrogen) atoms. The van der Waals surface area contributed by atoms with E-state index in [1.54, 1.807) is 34.8 Å². The highest BCUT2D eigenvalue weighted by atomic mass is 35.5. The molecule has 1 amide bonds. The van der Waals surface area contributed by atoms with Crippen LogP contribution in [0.25, 0.3) is 9.88 Å². The first-order valence-electron chi connectivity index (χ1n) is 7.69. The fourth-order valence-electron chi connectivity index (χ4n) is 2.18. The van der Waals surface area contributed by atoms with Crippen LogP contribution in [0.3, 0.4) is 0 Å². The van der Waals surface area contributed by atoms with Crippen LogP contribution < -0.4 is 10.1 Å². The molecule has 0 aliphatic rings. The first-order chi connectivity index (χ1) is 12.0. The van der Waals surface area contributed by atoms with Crippen LogP contribution in [0.15, 0.2) is 35.7 Å². The zero-order valence-electron chi connectivity index (χ0n) is 13.8. The van der Waals surface area contributed by atoms with Gasteiger partial charge in [0.1, 0.15) is 10.8 Å². The molecule has 3 rings (SSSR count). The van der Waals surface area contributed by atoms with Crippen LogP contribution in [0, 0.1) is 13.8 Å². The number of hydrogen-bond donors (Lipinski definition) is 1. The molecule has 130 valence electrons. The number of aromatic nitrogens is 1. The third kappa shape index (κ3) is 4.60. The molecule has 0 aliphatic heterocycles. The van der Waals surface area contributed by atoms with Crippen LogP contribution >= 0.6 is 34.3 Å². The minimum absolute atomic E-state index is 0.0310. The van der Waals surface area contributed by atoms with Gasteiger partial charge in [-0.3, -0.25) is 4.79 Å². The molecule has 0 saturated carbocycles. The highest BCUT2D eigenvalue weighted by Crippen LogP contribution is 2.30. The Morgan fingerprint density at radius 1 is 1.32 bits per heavy atom. The quantitative estimate of drug-likeness (QED) is 0.653. The van der Waals surface area contributed by atoms with Crippen molar-refractivity contribution in [3.05, 3.63) is 56.9 Å². The first-order valence-corrected chi connectivity index (χ1v) is 9.76. The molecule has 0 atom stereocenters. The molecule has 4 nitrogen and oxygen atoms in total. The molecule has 2 heterocycles. The van der Waals surface area contributed by atoms with E-state index in [0.29, 0.717) is 17.3 Å². The van der Waals surface area contributed by atoms with Gasteiger partial charge in [0.05, 0.1) is 17.1 Å². The van der Waals surface area contributed by atoms with Crippen LogP contribution in [0.4, 0.5) is 0 Å². The summed E-state index contributed by atoms with van der Waals surface area (Å²) in [5.41, 5.74) is 1.86. The van der Waals surface area contributed by atoms with Crippen LogP contribution in [0.1, 0.15) is 16.1 Å². The summed E-state index contributed by atoms with van der Waals surface area (Å²) in [6.07, 6.45) is 0. The van der Waals surface area contributed by atoms with Crippen molar-refractivity contribution in [1.29, 1.82) is 0 Å². The van der Waals surface area contributed by atoms with Gasteiger partial charge in [-0.05, 0) is 49.1 Å². The van der Waals surface area contributed by atoms with E-state index in [-0.39, 0.29) is 12.5 Å². The average Bonchev–Trinajstić information content (AvgIpc) is 3.23. The SMILES string of the molecule is Cc1cc(OCC(=O)NCc2sc(-c3cccs3)nc2C)ccc1Cl. The Bertz CT molecular complexity index is 875. The third-order valence-electron chi connectivity index (χ3n) is 3.57. The fourth-order valence-corrected chi connectivity index (χ4v) is 4.10. The first kappa shape index (κ1) is 17.9. The minimum Gasteiger partial charge on any atom is -0.484 e. The number of hydrogen-bond acceptors (Lipinski definition) is 5. The maximum atomic E-state index is 12.0. The van der Waals surface area contributed by atoms with Gasteiger partial charge in [0.15, 0.2) is 6.61 Å². The number of ether oxygens (including phenoxy) is 1. The second-order valence-corrected chi connectivity index (χ2v) is 7.92. The smallest absolute Gasteiger partial charge is 0.258 e. The summed E-state index contributed by atoms with van der Waals surface area (Å²) >= 11 is 9.24. The molecule has 0 radical (unpaired) electrons. The van der Waals surface area contributed by atoms with Gasteiger partial charge in [0.25, 0.3) is 5.91 Å². The van der Waals surface area contributed by atoms with E-state index in [2.05, 4.69) is 10.3 Å². The van der Waals surface area contributed by atoms with E-state index in [1.165, 1.54) is 0 Å². The molecule has 3 aromatic rings. The summed E-state index contributed by atoms with van der Waals surface area (Å²) in [4.78, 5) is 18.8. The highest BCUT2D eigenvalue weighted by molar-refractivity contribution is 7.21. The van der Waals surface area contributed by atoms with Crippen molar-refractivity contribution in [1.82, 2.24) is 10.3 Å². The van der Waals surface area contributed by atoms with E-state index >= 15 is 0 Å². The van der Waals surface area contributed by atoms with Gasteiger partial charge in [-0.15, -0.1) is 22.7 Å². The van der Waals surface area contributed by atoms with Gasteiger partial charge < -0.3 is 10.1 Å². The summed E-state index contributed by atoms with van der Waals surface area (Å²) < 4.78 is 5.51. The largest absolute Gasteiger partial charge is 0.484 e. The van der Waals surface area contributed by atoms with Crippen LogP contribution in [-0.4, -0.2) is 17.5 Å². The topological polar surface area (TPSA) is 51.2 Å². The maximum Gasteiger partial charge on any atom is 0.258 e. The second kappa shape index (κ2) is 7.99. The van der Waals surface area contributed by atoms with E-state index in [9.17, 15) is 4.79 Å². The maximum absolute atomic E-state index is 12.0. The Balaban J connectivity index is 1.53. The molecule has 0 spiro atoms. The number of benzene rings is 1. The third-order valence-corrected chi connectivity index (χ3v) is 6.19. The Labute approximate surface area is 159 Å². The van der Waals surface area contributed by atoms with E-state index in [4.69, 9.17) is 16.3 Å². The highest BCUT2D eigenvalue weighted by Gasteiger charge is 2.11. The van der Waals surface area contributed by atoms with E-state index < -0.39 is 0 Å². The fraction of sp³-hybridized carbons (Fsp3) is 0.222. The van der Waals surface area contributed by atoms with Gasteiger partial charge in [0.2, 0.25) is 0 Å². The molecule has 0 bridgehead atoms. The predicted molar refractivity (Wildman–Crippen MR) is 104 cm³/mol. The molecule has 0 saturated heterocycles. The Kier molecular flexibility index (Phi) is 5.73. The monoisotopic (exact) mass is 392 g/mol. The lowest BCUT2D eigenvalue weighted by Crippen LogP contribution is -2.28. The van der Waals surface area contributed by atoms with E-state index in [0.717, 1.165) is 26.0 Å². The summed E-state index contributed by atoms with van der Waals surface area (Å²) in [7, 11) is 0. The Morgan fingerprint density at radius 3 is 2.88 bits per heavy atom. The zero-order chi connectivity index (χ0) is 17.8. The lowest BCUT2D eigenvalue weighted by molar-refractivity contribution is -0.123. The van der Waals surface area contributed by atoms with Gasteiger partial charge in [-0.25, -0.2) is 4.98 Å². The van der Waals surface area contributed by atoms with Crippen molar-refractivity contribution in [3.63, 3.8) is 0 Å². The average molecular weight is 393 g/mol. The van der Waals surface area contributed by atoms with Gasteiger partial charge >= 0.3 is 0 Å². The summed E-state index contributed by atoms with van der Waals surface area (Å²) in [5.74, 6) is 0.462. The lowest BCUT2D eigenvalue weighted by atomic mass is 10.2. The molecule has 1 N–H and O–H groups in total. The standard InChI is InChI=1S/C18H17ClN2O2S2/c1-11-8-13(5-6-14(11)19)23-10-17(22)20-9-16-12(2)21-18(25-16)15-4-3-7-24-15/h3-8H,9-10H2,1-2H3,(H,20,22). The van der Waals surface area contributed by atoms with Crippen molar-refractivity contribution in [2.24, 2.45) is 0 Å². The number of carbonyl (C=O) groups is 1.